The average Bonchev–Trinajstić information content (AvgIpc) is 3.12. The van der Waals surface area contributed by atoms with E-state index in [0.29, 0.717) is 0 Å². The van der Waals surface area contributed by atoms with Crippen molar-refractivity contribution in [3.05, 3.63) is 121 Å². The number of hydrogen-bond acceptors (Lipinski definition) is 4. The molecule has 2 heterocycles. The second-order valence-electron chi connectivity index (χ2n) is 9.56. The van der Waals surface area contributed by atoms with Crippen LogP contribution in [-0.2, 0) is 31.5 Å². The average molecular weight is 795 g/mol. The summed E-state index contributed by atoms with van der Waals surface area (Å²) in [6.07, 6.45) is 1.86. The minimum absolute atomic E-state index is 0. The number of rotatable bonds is 5. The molecule has 3 aromatic carbocycles. The van der Waals surface area contributed by atoms with Gasteiger partial charge in [-0.1, -0.05) is 60.7 Å². The van der Waals surface area contributed by atoms with Gasteiger partial charge < -0.3 is 56.1 Å². The van der Waals surface area contributed by atoms with E-state index >= 15 is 0 Å². The second-order valence-corrected chi connectivity index (χ2v) is 12.0. The molecule has 263 valence electrons. The molecule has 0 bridgehead atoms. The molecule has 7 N–H and O–H groups in total. The summed E-state index contributed by atoms with van der Waals surface area (Å²) in [5.41, 5.74) is 1.15. The molecule has 5 rings (SSSR count). The van der Waals surface area contributed by atoms with Gasteiger partial charge in [0.05, 0.1) is 13.6 Å². The molecule has 0 saturated carbocycles. The Hall–Kier alpha value is -2.77. The first-order valence-electron chi connectivity index (χ1n) is 14.2. The normalized spacial score (nSPS) is 13.3. The molecule has 1 aliphatic rings. The molecule has 48 heavy (non-hydrogen) atoms. The number of hydrogen-bond donors (Lipinski definition) is 2. The van der Waals surface area contributed by atoms with Crippen LogP contribution in [0.25, 0.3) is 0 Å². The van der Waals surface area contributed by atoms with Crippen LogP contribution in [0, 0.1) is 0 Å². The van der Waals surface area contributed by atoms with Crippen molar-refractivity contribution in [2.75, 3.05) is 39.3 Å². The predicted octanol–water partition coefficient (Wildman–Crippen LogP) is 4.10. The molecule has 0 atom stereocenters. The van der Waals surface area contributed by atoms with Crippen LogP contribution in [-0.4, -0.2) is 69.1 Å². The number of nitrogens with zero attached hydrogens (tertiary/aromatic N) is 2. The van der Waals surface area contributed by atoms with Gasteiger partial charge in [0.15, 0.2) is 0 Å². The van der Waals surface area contributed by atoms with Crippen LogP contribution in [0.3, 0.4) is 0 Å². The minimum atomic E-state index is -6.00. The van der Waals surface area contributed by atoms with Crippen molar-refractivity contribution in [3.63, 3.8) is 0 Å². The van der Waals surface area contributed by atoms with E-state index in [1.807, 2.05) is 12.3 Å². The monoisotopic (exact) mass is 796 g/mol. The summed E-state index contributed by atoms with van der Waals surface area (Å²) in [5.74, 6) is 0. The first kappa shape index (κ1) is 47.3. The number of pyridine rings is 1. The molecule has 1 saturated heterocycles. The molecule has 0 aliphatic carbocycles. The van der Waals surface area contributed by atoms with E-state index in [-0.39, 0.29) is 30.4 Å². The fourth-order valence-corrected chi connectivity index (χ4v) is 6.78. The Morgan fingerprint density at radius 1 is 0.562 bits per heavy atom. The van der Waals surface area contributed by atoms with Crippen molar-refractivity contribution < 1.29 is 65.0 Å². The summed E-state index contributed by atoms with van der Waals surface area (Å²) in [6.45, 7) is 7.40. The Kier molecular flexibility index (Phi) is 25.8. The van der Waals surface area contributed by atoms with E-state index in [9.17, 15) is 34.5 Å². The van der Waals surface area contributed by atoms with Crippen LogP contribution in [0.15, 0.2) is 115 Å². The SMILES string of the molecule is F[B-](F)(F)F.F[B-](F)(F)F.O.[OH3+].[Ru+5].c1ccc(CN2CCNCCNCC2)nc1.c1ccc([PH+](c2ccccc2)c2ccccc2)cc1. The largest absolute Gasteiger partial charge is 5.00 e. The van der Waals surface area contributed by atoms with Crippen molar-refractivity contribution in [1.29, 1.82) is 0 Å². The Bertz CT molecular complexity index is 1180. The zero-order valence-corrected chi connectivity index (χ0v) is 28.7. The fraction of sp³-hybridized carbons (Fsp3) is 0.233. The smallest absolute Gasteiger partial charge is 0.457 e. The molecule has 4 aromatic rings. The van der Waals surface area contributed by atoms with Crippen LogP contribution in [0.4, 0.5) is 34.5 Å². The molecule has 1 aliphatic heterocycles. The third kappa shape index (κ3) is 24.4. The molecule has 1 aromatic heterocycles. The summed E-state index contributed by atoms with van der Waals surface area (Å²) in [5, 5.41) is 11.1. The van der Waals surface area contributed by atoms with Gasteiger partial charge >= 0.3 is 34.0 Å². The van der Waals surface area contributed by atoms with Gasteiger partial charge in [-0.3, -0.25) is 9.88 Å². The third-order valence-electron chi connectivity index (χ3n) is 5.99. The molecule has 1 fully saturated rings. The molecule has 1 radical (unpaired) electrons. The molecular weight excluding hydrogens is 754 g/mol. The van der Waals surface area contributed by atoms with Gasteiger partial charge in [0.25, 0.3) is 0 Å². The number of benzene rings is 3. The molecule has 0 unspecified atom stereocenters. The topological polar surface area (TPSA) is 105 Å². The standard InChI is InChI=1S/C18H15P.C12H20N4.2BF4.2H2O.Ru/c1-4-10-16(11-5-1)19(17-12-6-2-7-13-17)18-14-8-3-9-15-18;1-2-4-15-12(3-1)11-16-9-7-13-5-6-14-8-10-16;2*2-1(3,4)5;;;/h1-15H;1-4,13-14H,5-11H2;;;2*1H2;/q;;2*-1;;;+5/p+2. The van der Waals surface area contributed by atoms with Gasteiger partial charge in [-0.2, -0.15) is 0 Å². The third-order valence-corrected chi connectivity index (χ3v) is 8.72. The van der Waals surface area contributed by atoms with Crippen molar-refractivity contribution in [2.45, 2.75) is 6.54 Å². The maximum absolute atomic E-state index is 9.75. The molecule has 0 amide bonds. The van der Waals surface area contributed by atoms with E-state index in [1.54, 1.807) is 0 Å². The van der Waals surface area contributed by atoms with Gasteiger partial charge in [0.2, 0.25) is 0 Å². The maximum atomic E-state index is 9.75. The van der Waals surface area contributed by atoms with Crippen molar-refractivity contribution in [1.82, 2.24) is 20.5 Å². The molecule has 0 spiro atoms. The molecular formula is C30H41B2F8N4O2PRu+5. The summed E-state index contributed by atoms with van der Waals surface area (Å²) < 4.78 is 78.0. The van der Waals surface area contributed by atoms with Crippen LogP contribution in [0.2, 0.25) is 0 Å². The number of nitrogens with one attached hydrogen (secondary N) is 2. The van der Waals surface area contributed by atoms with E-state index in [0.717, 1.165) is 51.5 Å². The second kappa shape index (κ2) is 26.1. The van der Waals surface area contributed by atoms with Crippen LogP contribution >= 0.6 is 7.92 Å². The van der Waals surface area contributed by atoms with Crippen LogP contribution in [0.1, 0.15) is 5.69 Å². The van der Waals surface area contributed by atoms with Gasteiger partial charge in [-0.05, 0) is 48.5 Å². The van der Waals surface area contributed by atoms with E-state index < -0.39 is 22.4 Å². The molecule has 18 heteroatoms. The van der Waals surface area contributed by atoms with Gasteiger partial charge in [-0.25, -0.2) is 0 Å². The molecule has 6 nitrogen and oxygen atoms in total. The quantitative estimate of drug-likeness (QED) is 0.138. The number of aromatic nitrogens is 1. The number of halogens is 8. The van der Waals surface area contributed by atoms with E-state index in [4.69, 9.17) is 0 Å². The summed E-state index contributed by atoms with van der Waals surface area (Å²) in [6, 6.07) is 38.6. The zero-order chi connectivity index (χ0) is 33.0. The zero-order valence-electron chi connectivity index (χ0n) is 25.9. The summed E-state index contributed by atoms with van der Waals surface area (Å²) in [4.78, 5) is 6.81. The van der Waals surface area contributed by atoms with E-state index in [1.165, 1.54) is 15.9 Å². The fourth-order valence-electron chi connectivity index (χ4n) is 4.21. The van der Waals surface area contributed by atoms with Gasteiger partial charge in [0.1, 0.15) is 15.9 Å². The minimum Gasteiger partial charge on any atom is -0.457 e. The summed E-state index contributed by atoms with van der Waals surface area (Å²) >= 11 is 0. The van der Waals surface area contributed by atoms with E-state index in [2.05, 4.69) is 124 Å². The van der Waals surface area contributed by atoms with Crippen LogP contribution in [0.5, 0.6) is 0 Å². The van der Waals surface area contributed by atoms with Crippen molar-refractivity contribution in [2.24, 2.45) is 0 Å². The van der Waals surface area contributed by atoms with Crippen LogP contribution < -0.4 is 26.5 Å². The maximum Gasteiger partial charge on any atom is 5.00 e. The van der Waals surface area contributed by atoms with Gasteiger partial charge in [0, 0.05) is 52.0 Å². The van der Waals surface area contributed by atoms with Gasteiger partial charge in [-0.15, -0.1) is 0 Å². The first-order chi connectivity index (χ1) is 21.4. The Morgan fingerprint density at radius 3 is 1.21 bits per heavy atom. The van der Waals surface area contributed by atoms with Crippen molar-refractivity contribution >= 4 is 38.3 Å². The predicted molar refractivity (Wildman–Crippen MR) is 181 cm³/mol. The Morgan fingerprint density at radius 2 is 0.896 bits per heavy atom. The Labute approximate surface area is 290 Å². The van der Waals surface area contributed by atoms with Crippen molar-refractivity contribution in [3.8, 4) is 0 Å². The Balaban J connectivity index is 0. The summed E-state index contributed by atoms with van der Waals surface area (Å²) in [7, 11) is -12.9. The first-order valence-corrected chi connectivity index (χ1v) is 15.7.